The maximum absolute atomic E-state index is 13.0. The molecule has 3 atom stereocenters. The Morgan fingerprint density at radius 2 is 2.00 bits per heavy atom. The van der Waals surface area contributed by atoms with Crippen molar-refractivity contribution in [2.24, 2.45) is 5.92 Å². The third-order valence-electron chi connectivity index (χ3n) is 5.14. The van der Waals surface area contributed by atoms with Crippen molar-refractivity contribution in [1.29, 1.82) is 0 Å². The highest BCUT2D eigenvalue weighted by molar-refractivity contribution is 6.00. The molecule has 1 unspecified atom stereocenters. The summed E-state index contributed by atoms with van der Waals surface area (Å²) < 4.78 is 5.17. The van der Waals surface area contributed by atoms with Crippen molar-refractivity contribution in [3.05, 3.63) is 29.8 Å². The second-order valence-corrected chi connectivity index (χ2v) is 7.52. The first-order valence-corrected chi connectivity index (χ1v) is 8.79. The van der Waals surface area contributed by atoms with Crippen LogP contribution in [-0.2, 0) is 16.0 Å². The van der Waals surface area contributed by atoms with Crippen molar-refractivity contribution in [2.75, 3.05) is 13.7 Å². The van der Waals surface area contributed by atoms with Crippen molar-refractivity contribution >= 4 is 11.8 Å². The number of rotatable bonds is 5. The quantitative estimate of drug-likeness (QED) is 0.837. The number of aliphatic hydroxyl groups excluding tert-OH is 1. The zero-order valence-corrected chi connectivity index (χ0v) is 15.0. The molecule has 0 bridgehead atoms. The molecule has 6 nitrogen and oxygen atoms in total. The van der Waals surface area contributed by atoms with Gasteiger partial charge in [-0.1, -0.05) is 26.0 Å². The summed E-state index contributed by atoms with van der Waals surface area (Å²) in [5, 5.41) is 13.1. The summed E-state index contributed by atoms with van der Waals surface area (Å²) in [6, 6.07) is 6.97. The van der Waals surface area contributed by atoms with Gasteiger partial charge in [0, 0.05) is 19.4 Å². The Balaban J connectivity index is 1.88. The summed E-state index contributed by atoms with van der Waals surface area (Å²) in [5.74, 6) is 0.796. The van der Waals surface area contributed by atoms with Crippen LogP contribution >= 0.6 is 0 Å². The minimum Gasteiger partial charge on any atom is -0.497 e. The first-order valence-electron chi connectivity index (χ1n) is 8.79. The topological polar surface area (TPSA) is 78.9 Å². The van der Waals surface area contributed by atoms with Crippen LogP contribution in [0.2, 0.25) is 0 Å². The zero-order valence-electron chi connectivity index (χ0n) is 15.0. The van der Waals surface area contributed by atoms with Crippen molar-refractivity contribution in [3.63, 3.8) is 0 Å². The van der Waals surface area contributed by atoms with Gasteiger partial charge in [-0.15, -0.1) is 0 Å². The number of carbonyl (C=O) groups is 2. The summed E-state index contributed by atoms with van der Waals surface area (Å²) in [6.45, 7) is 4.27. The third-order valence-corrected chi connectivity index (χ3v) is 5.14. The first kappa shape index (κ1) is 17.7. The van der Waals surface area contributed by atoms with Gasteiger partial charge in [-0.2, -0.15) is 0 Å². The standard InChI is InChI=1S/C19H26N2O4/c1-12(2)8-16-17(23)21-11-14(22)10-19(21,18(24)20-16)9-13-4-6-15(25-3)7-5-13/h4-7,12,14,16,22H,8-11H2,1-3H3,(H,20,24)/t14-,16-,19?/m1/s1. The molecule has 2 N–H and O–H groups in total. The van der Waals surface area contributed by atoms with E-state index < -0.39 is 17.7 Å². The Hall–Kier alpha value is -2.08. The van der Waals surface area contributed by atoms with E-state index in [2.05, 4.69) is 5.32 Å². The van der Waals surface area contributed by atoms with E-state index in [1.165, 1.54) is 0 Å². The van der Waals surface area contributed by atoms with E-state index in [1.807, 2.05) is 38.1 Å². The number of carbonyl (C=O) groups excluding carboxylic acids is 2. The van der Waals surface area contributed by atoms with Crippen LogP contribution in [0.15, 0.2) is 24.3 Å². The lowest BCUT2D eigenvalue weighted by Crippen LogP contribution is -2.69. The molecular weight excluding hydrogens is 320 g/mol. The fourth-order valence-corrected chi connectivity index (χ4v) is 3.97. The van der Waals surface area contributed by atoms with Gasteiger partial charge in [0.25, 0.3) is 0 Å². The second kappa shape index (κ2) is 6.67. The van der Waals surface area contributed by atoms with Crippen LogP contribution in [-0.4, -0.2) is 53.2 Å². The van der Waals surface area contributed by atoms with Gasteiger partial charge in [0.2, 0.25) is 11.8 Å². The van der Waals surface area contributed by atoms with Crippen LogP contribution in [0.4, 0.5) is 0 Å². The number of hydrogen-bond donors (Lipinski definition) is 2. The smallest absolute Gasteiger partial charge is 0.247 e. The van der Waals surface area contributed by atoms with Crippen molar-refractivity contribution in [3.8, 4) is 5.75 Å². The van der Waals surface area contributed by atoms with E-state index in [1.54, 1.807) is 12.0 Å². The summed E-state index contributed by atoms with van der Waals surface area (Å²) in [6.07, 6.45) is 0.589. The molecule has 2 aliphatic heterocycles. The maximum atomic E-state index is 13.0. The van der Waals surface area contributed by atoms with Crippen LogP contribution in [0.3, 0.4) is 0 Å². The molecule has 0 radical (unpaired) electrons. The molecular formula is C19H26N2O4. The summed E-state index contributed by atoms with van der Waals surface area (Å²) in [5.41, 5.74) is -0.0661. The fraction of sp³-hybridized carbons (Fsp3) is 0.579. The number of amides is 2. The lowest BCUT2D eigenvalue weighted by molar-refractivity contribution is -0.154. The molecule has 25 heavy (non-hydrogen) atoms. The Bertz CT molecular complexity index is 658. The normalized spacial score (nSPS) is 28.9. The highest BCUT2D eigenvalue weighted by atomic mass is 16.5. The average molecular weight is 346 g/mol. The molecule has 2 aliphatic rings. The number of nitrogens with zero attached hydrogens (tertiary/aromatic N) is 1. The van der Waals surface area contributed by atoms with Crippen LogP contribution in [0.5, 0.6) is 5.75 Å². The Kier molecular flexibility index (Phi) is 4.73. The number of nitrogens with one attached hydrogen (secondary N) is 1. The van der Waals surface area contributed by atoms with Crippen LogP contribution in [0.25, 0.3) is 0 Å². The maximum Gasteiger partial charge on any atom is 0.247 e. The van der Waals surface area contributed by atoms with Gasteiger partial charge in [0.1, 0.15) is 17.3 Å². The lowest BCUT2D eigenvalue weighted by Gasteiger charge is -2.44. The average Bonchev–Trinajstić information content (AvgIpc) is 2.91. The van der Waals surface area contributed by atoms with E-state index in [4.69, 9.17) is 4.74 Å². The van der Waals surface area contributed by atoms with E-state index in [-0.39, 0.29) is 24.8 Å². The minimum atomic E-state index is -1.00. The molecule has 136 valence electrons. The third kappa shape index (κ3) is 3.23. The molecule has 0 spiro atoms. The van der Waals surface area contributed by atoms with Crippen molar-refractivity contribution in [2.45, 2.75) is 50.8 Å². The highest BCUT2D eigenvalue weighted by Crippen LogP contribution is 2.37. The number of aliphatic hydroxyl groups is 1. The predicted molar refractivity (Wildman–Crippen MR) is 93.2 cm³/mol. The number of hydrogen-bond acceptors (Lipinski definition) is 4. The zero-order chi connectivity index (χ0) is 18.2. The predicted octanol–water partition coefficient (Wildman–Crippen LogP) is 1.11. The van der Waals surface area contributed by atoms with Crippen molar-refractivity contribution in [1.82, 2.24) is 10.2 Å². The molecule has 2 saturated heterocycles. The minimum absolute atomic E-state index is 0.0849. The van der Waals surface area contributed by atoms with Gasteiger partial charge in [-0.3, -0.25) is 9.59 Å². The molecule has 2 amide bonds. The largest absolute Gasteiger partial charge is 0.497 e. The SMILES string of the molecule is COc1ccc(CC23C[C@@H](O)CN2C(=O)[C@@H](CC(C)C)NC3=O)cc1. The number of β-amino-alcohol motifs (C(OH)–C–C–N with tert-alkyl or cyclic N) is 1. The molecule has 6 heteroatoms. The van der Waals surface area contributed by atoms with E-state index >= 15 is 0 Å². The molecule has 0 saturated carbocycles. The molecule has 0 aliphatic carbocycles. The lowest BCUT2D eigenvalue weighted by atomic mass is 9.83. The number of methoxy groups -OCH3 is 1. The van der Waals surface area contributed by atoms with Gasteiger partial charge in [0.05, 0.1) is 13.2 Å². The Labute approximate surface area is 148 Å². The van der Waals surface area contributed by atoms with Crippen LogP contribution in [0.1, 0.15) is 32.3 Å². The van der Waals surface area contributed by atoms with Gasteiger partial charge in [0.15, 0.2) is 0 Å². The molecule has 2 fully saturated rings. The van der Waals surface area contributed by atoms with Crippen LogP contribution in [0, 0.1) is 5.92 Å². The van der Waals surface area contributed by atoms with E-state index in [0.717, 1.165) is 11.3 Å². The monoisotopic (exact) mass is 346 g/mol. The number of ether oxygens (including phenoxy) is 1. The first-order chi connectivity index (χ1) is 11.9. The van der Waals surface area contributed by atoms with Crippen molar-refractivity contribution < 1.29 is 19.4 Å². The van der Waals surface area contributed by atoms with E-state index in [9.17, 15) is 14.7 Å². The Morgan fingerprint density at radius 1 is 1.32 bits per heavy atom. The molecule has 2 heterocycles. The summed E-state index contributed by atoms with van der Waals surface area (Å²) in [4.78, 5) is 27.5. The van der Waals surface area contributed by atoms with E-state index in [0.29, 0.717) is 18.8 Å². The molecule has 1 aromatic carbocycles. The number of piperazine rings is 1. The van der Waals surface area contributed by atoms with Gasteiger partial charge in [-0.05, 0) is 30.0 Å². The number of benzene rings is 1. The molecule has 0 aromatic heterocycles. The summed E-state index contributed by atoms with van der Waals surface area (Å²) in [7, 11) is 1.60. The highest BCUT2D eigenvalue weighted by Gasteiger charge is 2.57. The van der Waals surface area contributed by atoms with Gasteiger partial charge >= 0.3 is 0 Å². The fourth-order valence-electron chi connectivity index (χ4n) is 3.97. The Morgan fingerprint density at radius 3 is 2.60 bits per heavy atom. The van der Waals surface area contributed by atoms with Gasteiger partial charge in [-0.25, -0.2) is 0 Å². The second-order valence-electron chi connectivity index (χ2n) is 7.52. The molecule has 1 aromatic rings. The summed E-state index contributed by atoms with van der Waals surface area (Å²) >= 11 is 0. The van der Waals surface area contributed by atoms with Gasteiger partial charge < -0.3 is 20.1 Å². The number of fused-ring (bicyclic) bond motifs is 1. The van der Waals surface area contributed by atoms with Crippen LogP contribution < -0.4 is 10.1 Å². The molecule has 3 rings (SSSR count).